The van der Waals surface area contributed by atoms with Crippen molar-refractivity contribution in [3.63, 3.8) is 0 Å². The molecular formula is C18H25N3O3. The lowest BCUT2D eigenvalue weighted by atomic mass is 10.1. The van der Waals surface area contributed by atoms with Gasteiger partial charge in [-0.05, 0) is 25.0 Å². The second-order valence-corrected chi connectivity index (χ2v) is 6.63. The van der Waals surface area contributed by atoms with E-state index in [1.807, 2.05) is 4.90 Å². The van der Waals surface area contributed by atoms with Crippen LogP contribution in [0.5, 0.6) is 5.88 Å². The summed E-state index contributed by atoms with van der Waals surface area (Å²) < 4.78 is 5.13. The molecule has 2 aliphatic rings. The maximum absolute atomic E-state index is 12.5. The summed E-state index contributed by atoms with van der Waals surface area (Å²) in [4.78, 5) is 30.9. The second kappa shape index (κ2) is 7.64. The van der Waals surface area contributed by atoms with Gasteiger partial charge in [0.05, 0.1) is 13.2 Å². The minimum Gasteiger partial charge on any atom is -0.480 e. The summed E-state index contributed by atoms with van der Waals surface area (Å²) in [6.07, 6.45) is 9.05. The van der Waals surface area contributed by atoms with Gasteiger partial charge in [0.1, 0.15) is 5.56 Å². The molecule has 1 aromatic heterocycles. The smallest absolute Gasteiger partial charge is 0.257 e. The van der Waals surface area contributed by atoms with E-state index in [0.717, 1.165) is 12.8 Å². The number of methoxy groups -OCH3 is 1. The van der Waals surface area contributed by atoms with Crippen molar-refractivity contribution in [3.8, 4) is 5.88 Å². The largest absolute Gasteiger partial charge is 0.480 e. The molecule has 0 unspecified atom stereocenters. The zero-order valence-corrected chi connectivity index (χ0v) is 14.2. The normalized spacial score (nSPS) is 22.3. The van der Waals surface area contributed by atoms with Crippen LogP contribution in [-0.4, -0.2) is 47.4 Å². The predicted octanol–water partition coefficient (Wildman–Crippen LogP) is 2.14. The van der Waals surface area contributed by atoms with Gasteiger partial charge in [0, 0.05) is 25.2 Å². The van der Waals surface area contributed by atoms with Crippen LogP contribution in [0.4, 0.5) is 0 Å². The Morgan fingerprint density at radius 3 is 2.75 bits per heavy atom. The van der Waals surface area contributed by atoms with Crippen molar-refractivity contribution in [2.75, 3.05) is 13.7 Å². The minimum absolute atomic E-state index is 0.141. The molecule has 0 bridgehead atoms. The van der Waals surface area contributed by atoms with E-state index in [-0.39, 0.29) is 17.9 Å². The van der Waals surface area contributed by atoms with Gasteiger partial charge < -0.3 is 15.0 Å². The number of hydrogen-bond acceptors (Lipinski definition) is 4. The Hall–Kier alpha value is -2.11. The molecule has 6 heteroatoms. The van der Waals surface area contributed by atoms with Gasteiger partial charge in [-0.3, -0.25) is 9.59 Å². The molecule has 1 aliphatic heterocycles. The van der Waals surface area contributed by atoms with Crippen molar-refractivity contribution in [2.45, 2.75) is 57.0 Å². The Bertz CT molecular complexity index is 597. The van der Waals surface area contributed by atoms with Crippen molar-refractivity contribution >= 4 is 11.8 Å². The number of pyridine rings is 1. The van der Waals surface area contributed by atoms with Crippen molar-refractivity contribution < 1.29 is 14.3 Å². The highest BCUT2D eigenvalue weighted by atomic mass is 16.5. The predicted molar refractivity (Wildman–Crippen MR) is 89.9 cm³/mol. The van der Waals surface area contributed by atoms with Gasteiger partial charge in [-0.2, -0.15) is 0 Å². The van der Waals surface area contributed by atoms with Gasteiger partial charge in [0.2, 0.25) is 11.8 Å². The maximum atomic E-state index is 12.5. The zero-order chi connectivity index (χ0) is 16.9. The Labute approximate surface area is 142 Å². The molecule has 24 heavy (non-hydrogen) atoms. The summed E-state index contributed by atoms with van der Waals surface area (Å²) in [6, 6.07) is 3.59. The second-order valence-electron chi connectivity index (χ2n) is 6.63. The van der Waals surface area contributed by atoms with Crippen LogP contribution in [0.15, 0.2) is 18.3 Å². The standard InChI is InChI=1S/C18H25N3O3/c1-24-18-15(9-6-10-19-18)17(23)20-13-11-16(22)21(12-13)14-7-4-2-3-5-8-14/h6,9-10,13-14H,2-5,7-8,11-12H2,1H3,(H,20,23)/t13-/m1/s1. The van der Waals surface area contributed by atoms with Crippen LogP contribution in [0.25, 0.3) is 0 Å². The first kappa shape index (κ1) is 16.7. The lowest BCUT2D eigenvalue weighted by Gasteiger charge is -2.27. The van der Waals surface area contributed by atoms with Crippen LogP contribution in [0.3, 0.4) is 0 Å². The van der Waals surface area contributed by atoms with Gasteiger partial charge in [0.25, 0.3) is 5.91 Å². The van der Waals surface area contributed by atoms with Gasteiger partial charge in [-0.1, -0.05) is 25.7 Å². The van der Waals surface area contributed by atoms with Crippen LogP contribution >= 0.6 is 0 Å². The fourth-order valence-corrected chi connectivity index (χ4v) is 3.74. The van der Waals surface area contributed by atoms with E-state index in [9.17, 15) is 9.59 Å². The summed E-state index contributed by atoms with van der Waals surface area (Å²) in [5, 5.41) is 2.96. The molecule has 0 spiro atoms. The summed E-state index contributed by atoms with van der Waals surface area (Å²) in [5.41, 5.74) is 0.403. The number of hydrogen-bond donors (Lipinski definition) is 1. The van der Waals surface area contributed by atoms with E-state index < -0.39 is 0 Å². The fourth-order valence-electron chi connectivity index (χ4n) is 3.74. The van der Waals surface area contributed by atoms with Gasteiger partial charge in [0.15, 0.2) is 0 Å². The van der Waals surface area contributed by atoms with E-state index in [2.05, 4.69) is 10.3 Å². The maximum Gasteiger partial charge on any atom is 0.257 e. The number of carbonyl (C=O) groups is 2. The molecule has 3 rings (SSSR count). The number of likely N-dealkylation sites (tertiary alicyclic amines) is 1. The molecule has 1 aromatic rings. The molecule has 0 aromatic carbocycles. The number of ether oxygens (including phenoxy) is 1. The quantitative estimate of drug-likeness (QED) is 0.858. The van der Waals surface area contributed by atoms with E-state index in [4.69, 9.17) is 4.74 Å². The van der Waals surface area contributed by atoms with Gasteiger partial charge >= 0.3 is 0 Å². The highest BCUT2D eigenvalue weighted by Gasteiger charge is 2.35. The molecule has 2 heterocycles. The zero-order valence-electron chi connectivity index (χ0n) is 14.2. The molecule has 1 aliphatic carbocycles. The van der Waals surface area contributed by atoms with Crippen molar-refractivity contribution in [1.29, 1.82) is 0 Å². The monoisotopic (exact) mass is 331 g/mol. The molecule has 1 atom stereocenters. The topological polar surface area (TPSA) is 71.5 Å². The number of nitrogens with zero attached hydrogens (tertiary/aromatic N) is 2. The van der Waals surface area contributed by atoms with Crippen LogP contribution in [0, 0.1) is 0 Å². The molecule has 1 saturated carbocycles. The third-order valence-corrected chi connectivity index (χ3v) is 4.97. The number of nitrogens with one attached hydrogen (secondary N) is 1. The van der Waals surface area contributed by atoms with Crippen LogP contribution in [-0.2, 0) is 4.79 Å². The SMILES string of the molecule is COc1ncccc1C(=O)N[C@@H]1CC(=O)N(C2CCCCCC2)C1. The van der Waals surface area contributed by atoms with Gasteiger partial charge in [-0.15, -0.1) is 0 Å². The molecule has 130 valence electrons. The number of aromatic nitrogens is 1. The lowest BCUT2D eigenvalue weighted by Crippen LogP contribution is -2.40. The highest BCUT2D eigenvalue weighted by Crippen LogP contribution is 2.26. The molecule has 0 radical (unpaired) electrons. The summed E-state index contributed by atoms with van der Waals surface area (Å²) in [7, 11) is 1.49. The first-order chi connectivity index (χ1) is 11.7. The number of amides is 2. The summed E-state index contributed by atoms with van der Waals surface area (Å²) >= 11 is 0. The van der Waals surface area contributed by atoms with E-state index in [0.29, 0.717) is 30.5 Å². The lowest BCUT2D eigenvalue weighted by molar-refractivity contribution is -0.129. The fraction of sp³-hybridized carbons (Fsp3) is 0.611. The summed E-state index contributed by atoms with van der Waals surface area (Å²) in [6.45, 7) is 0.609. The molecule has 1 saturated heterocycles. The van der Waals surface area contributed by atoms with Crippen LogP contribution in [0.2, 0.25) is 0 Å². The average Bonchev–Trinajstić information content (AvgIpc) is 2.79. The average molecular weight is 331 g/mol. The Morgan fingerprint density at radius 1 is 1.29 bits per heavy atom. The summed E-state index contributed by atoms with van der Waals surface area (Å²) in [5.74, 6) is 0.228. The Kier molecular flexibility index (Phi) is 5.33. The Balaban J connectivity index is 1.62. The molecule has 6 nitrogen and oxygen atoms in total. The van der Waals surface area contributed by atoms with Crippen LogP contribution < -0.4 is 10.1 Å². The highest BCUT2D eigenvalue weighted by molar-refractivity contribution is 5.97. The number of rotatable bonds is 4. The van der Waals surface area contributed by atoms with Crippen LogP contribution in [0.1, 0.15) is 55.3 Å². The van der Waals surface area contributed by atoms with Crippen molar-refractivity contribution in [3.05, 3.63) is 23.9 Å². The van der Waals surface area contributed by atoms with Gasteiger partial charge in [-0.25, -0.2) is 4.98 Å². The number of carbonyl (C=O) groups excluding carboxylic acids is 2. The molecule has 2 fully saturated rings. The first-order valence-electron chi connectivity index (χ1n) is 8.78. The van der Waals surface area contributed by atoms with Crippen molar-refractivity contribution in [2.24, 2.45) is 0 Å². The molecular weight excluding hydrogens is 306 g/mol. The van der Waals surface area contributed by atoms with E-state index in [1.54, 1.807) is 18.3 Å². The molecule has 2 amide bonds. The third kappa shape index (κ3) is 3.68. The molecule has 1 N–H and O–H groups in total. The van der Waals surface area contributed by atoms with E-state index >= 15 is 0 Å². The minimum atomic E-state index is -0.236. The Morgan fingerprint density at radius 2 is 2.04 bits per heavy atom. The first-order valence-corrected chi connectivity index (χ1v) is 8.78. The third-order valence-electron chi connectivity index (χ3n) is 4.97. The van der Waals surface area contributed by atoms with E-state index in [1.165, 1.54) is 32.8 Å². The van der Waals surface area contributed by atoms with Crippen molar-refractivity contribution in [1.82, 2.24) is 15.2 Å².